The zero-order valence-corrected chi connectivity index (χ0v) is 18.8. The van der Waals surface area contributed by atoms with Gasteiger partial charge in [-0.05, 0) is 52.8 Å². The zero-order valence-electron chi connectivity index (χ0n) is 18.8. The summed E-state index contributed by atoms with van der Waals surface area (Å²) in [6.45, 7) is 11.1. The Morgan fingerprint density at radius 3 is 1.97 bits per heavy atom. The molecule has 0 aliphatic heterocycles. The molecular formula is C29H32O. The molecule has 0 heterocycles. The fourth-order valence-corrected chi connectivity index (χ4v) is 6.10. The van der Waals surface area contributed by atoms with E-state index < -0.39 is 0 Å². The fraction of sp³-hybridized carbons (Fsp3) is 0.345. The molecule has 0 fully saturated rings. The van der Waals surface area contributed by atoms with Crippen molar-refractivity contribution >= 4 is 5.78 Å². The van der Waals surface area contributed by atoms with Gasteiger partial charge in [0.1, 0.15) is 0 Å². The van der Waals surface area contributed by atoms with Crippen molar-refractivity contribution in [2.45, 2.75) is 63.7 Å². The van der Waals surface area contributed by atoms with Crippen molar-refractivity contribution in [3.8, 4) is 0 Å². The summed E-state index contributed by atoms with van der Waals surface area (Å²) in [5.74, 6) is 0.141. The van der Waals surface area contributed by atoms with Crippen LogP contribution in [0, 0.1) is 0 Å². The summed E-state index contributed by atoms with van der Waals surface area (Å²) in [6, 6.07) is 27.9. The third-order valence-corrected chi connectivity index (χ3v) is 7.20. The Hall–Kier alpha value is -2.67. The molecule has 0 amide bonds. The van der Waals surface area contributed by atoms with Gasteiger partial charge in [0.2, 0.25) is 0 Å². The van der Waals surface area contributed by atoms with Crippen LogP contribution >= 0.6 is 0 Å². The lowest BCUT2D eigenvalue weighted by molar-refractivity contribution is 0.101. The van der Waals surface area contributed by atoms with Crippen LogP contribution in [0.4, 0.5) is 0 Å². The number of carbonyl (C=O) groups excluding carboxylic acids is 1. The summed E-state index contributed by atoms with van der Waals surface area (Å²) in [6.07, 6.45) is 2.05. The minimum Gasteiger partial charge on any atom is -0.295 e. The van der Waals surface area contributed by atoms with E-state index in [1.54, 1.807) is 6.92 Å². The van der Waals surface area contributed by atoms with Gasteiger partial charge < -0.3 is 0 Å². The first-order chi connectivity index (χ1) is 14.2. The number of ketones is 1. The maximum absolute atomic E-state index is 12.5. The average molecular weight is 397 g/mol. The Labute approximate surface area is 181 Å². The highest BCUT2D eigenvalue weighted by molar-refractivity contribution is 5.96. The maximum Gasteiger partial charge on any atom is 0.160 e. The maximum atomic E-state index is 12.5. The van der Waals surface area contributed by atoms with Crippen LogP contribution in [0.1, 0.15) is 80.1 Å². The topological polar surface area (TPSA) is 17.1 Å². The molecule has 0 bridgehead atoms. The molecule has 1 aliphatic carbocycles. The molecule has 0 spiro atoms. The molecule has 1 heteroatoms. The van der Waals surface area contributed by atoms with Crippen molar-refractivity contribution in [2.75, 3.05) is 0 Å². The SMILES string of the molecule is CC(=O)c1ccccc1C1(C)CC(C)(CC(C)(C)c2ccccc2)c2ccccc21. The third-order valence-electron chi connectivity index (χ3n) is 7.20. The van der Waals surface area contributed by atoms with Crippen LogP contribution in [0.15, 0.2) is 78.9 Å². The number of hydrogen-bond acceptors (Lipinski definition) is 1. The van der Waals surface area contributed by atoms with E-state index in [-0.39, 0.29) is 22.0 Å². The van der Waals surface area contributed by atoms with Gasteiger partial charge in [0.15, 0.2) is 5.78 Å². The van der Waals surface area contributed by atoms with Crippen molar-refractivity contribution in [3.63, 3.8) is 0 Å². The molecule has 1 nitrogen and oxygen atoms in total. The van der Waals surface area contributed by atoms with Crippen LogP contribution in [0.2, 0.25) is 0 Å². The minimum absolute atomic E-state index is 0.0224. The van der Waals surface area contributed by atoms with Crippen molar-refractivity contribution < 1.29 is 4.79 Å². The summed E-state index contributed by atoms with van der Waals surface area (Å²) in [5.41, 5.74) is 6.07. The highest BCUT2D eigenvalue weighted by Gasteiger charge is 2.50. The molecule has 1 aliphatic rings. The summed E-state index contributed by atoms with van der Waals surface area (Å²) in [4.78, 5) is 12.5. The van der Waals surface area contributed by atoms with Crippen LogP contribution < -0.4 is 0 Å². The van der Waals surface area contributed by atoms with Crippen LogP contribution in [0.3, 0.4) is 0 Å². The standard InChI is InChI=1S/C29H32O/c1-21(30)23-15-9-10-16-24(23)29(5)20-28(4,25-17-11-12-18-26(25)29)19-27(2,3)22-13-7-6-8-14-22/h6-18H,19-20H2,1-5H3. The smallest absolute Gasteiger partial charge is 0.160 e. The number of hydrogen-bond donors (Lipinski definition) is 0. The molecule has 3 aromatic carbocycles. The molecule has 0 saturated heterocycles. The normalized spacial score (nSPS) is 23.2. The van der Waals surface area contributed by atoms with Crippen LogP contribution in [-0.2, 0) is 16.2 Å². The number of benzene rings is 3. The Bertz CT molecular complexity index is 1080. The van der Waals surface area contributed by atoms with E-state index in [1.165, 1.54) is 16.7 Å². The summed E-state index contributed by atoms with van der Waals surface area (Å²) >= 11 is 0. The first-order valence-electron chi connectivity index (χ1n) is 10.9. The van der Waals surface area contributed by atoms with E-state index in [0.717, 1.165) is 24.0 Å². The Balaban J connectivity index is 1.83. The predicted octanol–water partition coefficient (Wildman–Crippen LogP) is 7.22. The van der Waals surface area contributed by atoms with Gasteiger partial charge >= 0.3 is 0 Å². The number of rotatable bonds is 5. The van der Waals surface area contributed by atoms with Crippen molar-refractivity contribution in [1.82, 2.24) is 0 Å². The molecule has 3 aromatic rings. The summed E-state index contributed by atoms with van der Waals surface area (Å²) in [7, 11) is 0. The molecule has 0 aromatic heterocycles. The van der Waals surface area contributed by atoms with Crippen molar-refractivity contribution in [2.24, 2.45) is 0 Å². The van der Waals surface area contributed by atoms with Crippen LogP contribution in [0.25, 0.3) is 0 Å². The second kappa shape index (κ2) is 7.23. The van der Waals surface area contributed by atoms with Crippen molar-refractivity contribution in [3.05, 3.63) is 107 Å². The summed E-state index contributed by atoms with van der Waals surface area (Å²) in [5, 5.41) is 0. The van der Waals surface area contributed by atoms with E-state index in [9.17, 15) is 4.79 Å². The lowest BCUT2D eigenvalue weighted by Crippen LogP contribution is -2.33. The minimum atomic E-state index is -0.180. The van der Waals surface area contributed by atoms with E-state index >= 15 is 0 Å². The van der Waals surface area contributed by atoms with Gasteiger partial charge in [-0.3, -0.25) is 4.79 Å². The number of Topliss-reactive ketones (excluding diaryl/α,β-unsaturated/α-hetero) is 1. The van der Waals surface area contributed by atoms with E-state index in [4.69, 9.17) is 0 Å². The molecule has 2 atom stereocenters. The fourth-order valence-electron chi connectivity index (χ4n) is 6.10. The predicted molar refractivity (Wildman–Crippen MR) is 125 cm³/mol. The second-order valence-corrected chi connectivity index (χ2v) is 10.1. The highest BCUT2D eigenvalue weighted by Crippen LogP contribution is 2.57. The molecular weight excluding hydrogens is 364 g/mol. The summed E-state index contributed by atoms with van der Waals surface area (Å²) < 4.78 is 0. The lowest BCUT2D eigenvalue weighted by Gasteiger charge is -2.38. The Morgan fingerprint density at radius 1 is 0.800 bits per heavy atom. The molecule has 154 valence electrons. The van der Waals surface area contributed by atoms with Crippen LogP contribution in [-0.4, -0.2) is 5.78 Å². The van der Waals surface area contributed by atoms with Gasteiger partial charge in [0.25, 0.3) is 0 Å². The number of carbonyl (C=O) groups is 1. The molecule has 0 N–H and O–H groups in total. The van der Waals surface area contributed by atoms with Gasteiger partial charge in [-0.25, -0.2) is 0 Å². The molecule has 0 radical (unpaired) electrons. The van der Waals surface area contributed by atoms with E-state index in [0.29, 0.717) is 0 Å². The average Bonchev–Trinajstić information content (AvgIpc) is 2.96. The Kier molecular flexibility index (Phi) is 4.97. The second-order valence-electron chi connectivity index (χ2n) is 10.1. The molecule has 4 rings (SSSR count). The van der Waals surface area contributed by atoms with Gasteiger partial charge in [0, 0.05) is 11.0 Å². The van der Waals surface area contributed by atoms with Gasteiger partial charge in [-0.1, -0.05) is 107 Å². The van der Waals surface area contributed by atoms with Crippen LogP contribution in [0.5, 0.6) is 0 Å². The molecule has 0 saturated carbocycles. The lowest BCUT2D eigenvalue weighted by atomic mass is 9.66. The van der Waals surface area contributed by atoms with Gasteiger partial charge in [0.05, 0.1) is 0 Å². The largest absolute Gasteiger partial charge is 0.295 e. The zero-order chi connectivity index (χ0) is 21.6. The first-order valence-corrected chi connectivity index (χ1v) is 10.9. The number of fused-ring (bicyclic) bond motifs is 1. The van der Waals surface area contributed by atoms with E-state index in [2.05, 4.69) is 94.4 Å². The van der Waals surface area contributed by atoms with E-state index in [1.807, 2.05) is 12.1 Å². The Morgan fingerprint density at radius 2 is 1.33 bits per heavy atom. The third kappa shape index (κ3) is 3.31. The quantitative estimate of drug-likeness (QED) is 0.416. The monoisotopic (exact) mass is 396 g/mol. The molecule has 2 unspecified atom stereocenters. The molecule has 30 heavy (non-hydrogen) atoms. The highest BCUT2D eigenvalue weighted by atomic mass is 16.1. The first kappa shape index (κ1) is 20.6. The van der Waals surface area contributed by atoms with Crippen molar-refractivity contribution in [1.29, 1.82) is 0 Å². The van der Waals surface area contributed by atoms with Gasteiger partial charge in [-0.2, -0.15) is 0 Å². The van der Waals surface area contributed by atoms with Gasteiger partial charge in [-0.15, -0.1) is 0 Å².